The monoisotopic (exact) mass is 422 g/mol. The highest BCUT2D eigenvalue weighted by molar-refractivity contribution is 9.10. The summed E-state index contributed by atoms with van der Waals surface area (Å²) in [5.41, 5.74) is 4.23. The molecule has 0 bridgehead atoms. The third-order valence-electron chi connectivity index (χ3n) is 5.51. The van der Waals surface area contributed by atoms with Crippen molar-refractivity contribution in [2.75, 3.05) is 0 Å². The van der Waals surface area contributed by atoms with E-state index in [9.17, 15) is 0 Å². The van der Waals surface area contributed by atoms with Gasteiger partial charge in [-0.1, -0.05) is 82.7 Å². The second-order valence-corrected chi connectivity index (χ2v) is 8.04. The molecule has 2 heteroatoms. The van der Waals surface area contributed by atoms with Crippen molar-refractivity contribution >= 4 is 59.4 Å². The van der Waals surface area contributed by atoms with Gasteiger partial charge in [0.15, 0.2) is 0 Å². The Bertz CT molecular complexity index is 1510. The fourth-order valence-electron chi connectivity index (χ4n) is 4.20. The summed E-state index contributed by atoms with van der Waals surface area (Å²) >= 11 is 3.55. The van der Waals surface area contributed by atoms with E-state index >= 15 is 0 Å². The van der Waals surface area contributed by atoms with Gasteiger partial charge in [-0.3, -0.25) is 0 Å². The third kappa shape index (κ3) is 2.25. The first-order valence-electron chi connectivity index (χ1n) is 9.31. The predicted octanol–water partition coefficient (Wildman–Crippen LogP) is 8.32. The minimum absolute atomic E-state index is 0.951. The predicted molar refractivity (Wildman–Crippen MR) is 122 cm³/mol. The van der Waals surface area contributed by atoms with Crippen molar-refractivity contribution in [2.24, 2.45) is 0 Å². The average molecular weight is 423 g/mol. The lowest BCUT2D eigenvalue weighted by Crippen LogP contribution is -1.83. The number of fused-ring (bicyclic) bond motifs is 6. The quantitative estimate of drug-likeness (QED) is 0.259. The van der Waals surface area contributed by atoms with E-state index < -0.39 is 0 Å². The molecule has 0 saturated heterocycles. The molecule has 0 amide bonds. The second-order valence-electron chi connectivity index (χ2n) is 7.12. The zero-order valence-electron chi connectivity index (χ0n) is 14.9. The summed E-state index contributed by atoms with van der Waals surface area (Å²) in [5, 5.41) is 7.12. The Hall–Kier alpha value is -3.10. The van der Waals surface area contributed by atoms with Crippen LogP contribution in [0.25, 0.3) is 54.6 Å². The molecule has 6 rings (SSSR count). The van der Waals surface area contributed by atoms with E-state index in [-0.39, 0.29) is 0 Å². The van der Waals surface area contributed by atoms with Crippen molar-refractivity contribution in [3.8, 4) is 11.1 Å². The molecule has 5 aromatic carbocycles. The molecule has 0 fully saturated rings. The van der Waals surface area contributed by atoms with Crippen LogP contribution in [0.3, 0.4) is 0 Å². The Morgan fingerprint density at radius 3 is 2.07 bits per heavy atom. The lowest BCUT2D eigenvalue weighted by molar-refractivity contribution is 0.674. The topological polar surface area (TPSA) is 13.1 Å². The van der Waals surface area contributed by atoms with E-state index in [0.717, 1.165) is 42.9 Å². The molecule has 0 aliphatic carbocycles. The molecule has 0 aliphatic heterocycles. The minimum Gasteiger partial charge on any atom is -0.455 e. The summed E-state index contributed by atoms with van der Waals surface area (Å²) in [4.78, 5) is 0. The van der Waals surface area contributed by atoms with Crippen molar-refractivity contribution in [3.05, 3.63) is 95.5 Å². The van der Waals surface area contributed by atoms with Gasteiger partial charge in [0, 0.05) is 26.2 Å². The molecule has 1 nitrogen and oxygen atoms in total. The Morgan fingerprint density at radius 1 is 0.536 bits per heavy atom. The van der Waals surface area contributed by atoms with Gasteiger partial charge in [0.2, 0.25) is 0 Å². The van der Waals surface area contributed by atoms with Gasteiger partial charge in [0.05, 0.1) is 0 Å². The van der Waals surface area contributed by atoms with Crippen LogP contribution in [-0.2, 0) is 0 Å². The molecule has 0 unspecified atom stereocenters. The van der Waals surface area contributed by atoms with Crippen LogP contribution in [0.15, 0.2) is 99.9 Å². The van der Waals surface area contributed by atoms with Gasteiger partial charge in [0.1, 0.15) is 11.2 Å². The van der Waals surface area contributed by atoms with Gasteiger partial charge in [-0.05, 0) is 46.0 Å². The maximum Gasteiger partial charge on any atom is 0.143 e. The van der Waals surface area contributed by atoms with Gasteiger partial charge < -0.3 is 4.42 Å². The van der Waals surface area contributed by atoms with E-state index in [1.807, 2.05) is 0 Å². The van der Waals surface area contributed by atoms with Crippen LogP contribution < -0.4 is 0 Å². The molecule has 0 atom stereocenters. The van der Waals surface area contributed by atoms with Gasteiger partial charge in [0.25, 0.3) is 0 Å². The van der Waals surface area contributed by atoms with E-state index in [4.69, 9.17) is 4.42 Å². The Labute approximate surface area is 170 Å². The van der Waals surface area contributed by atoms with E-state index in [0.29, 0.717) is 0 Å². The molecular formula is C26H15BrO. The molecule has 0 N–H and O–H groups in total. The number of benzene rings is 5. The van der Waals surface area contributed by atoms with Gasteiger partial charge in [-0.15, -0.1) is 0 Å². The fourth-order valence-corrected chi connectivity index (χ4v) is 4.47. The first-order valence-corrected chi connectivity index (χ1v) is 10.1. The van der Waals surface area contributed by atoms with Gasteiger partial charge >= 0.3 is 0 Å². The number of hydrogen-bond donors (Lipinski definition) is 0. The summed E-state index contributed by atoms with van der Waals surface area (Å²) in [6.45, 7) is 0. The van der Waals surface area contributed by atoms with Crippen molar-refractivity contribution < 1.29 is 4.42 Å². The molecule has 1 heterocycles. The van der Waals surface area contributed by atoms with Gasteiger partial charge in [-0.25, -0.2) is 0 Å². The number of rotatable bonds is 1. The lowest BCUT2D eigenvalue weighted by Gasteiger charge is -2.08. The highest BCUT2D eigenvalue weighted by Gasteiger charge is 2.17. The normalized spacial score (nSPS) is 11.8. The van der Waals surface area contributed by atoms with Crippen molar-refractivity contribution in [1.29, 1.82) is 0 Å². The molecule has 1 aromatic heterocycles. The largest absolute Gasteiger partial charge is 0.455 e. The standard InChI is InChI=1S/C26H15BrO/c27-19-12-9-17(10-13-19)24-20-7-3-2-6-18(20)15-23-22-14-11-16-5-1-4-8-21(16)25(22)28-26(23)24/h1-15H. The fraction of sp³-hybridized carbons (Fsp3) is 0. The van der Waals surface area contributed by atoms with Crippen molar-refractivity contribution in [3.63, 3.8) is 0 Å². The summed E-state index contributed by atoms with van der Waals surface area (Å²) in [6.07, 6.45) is 0. The highest BCUT2D eigenvalue weighted by atomic mass is 79.9. The number of furan rings is 1. The highest BCUT2D eigenvalue weighted by Crippen LogP contribution is 2.42. The van der Waals surface area contributed by atoms with Crippen LogP contribution in [0.4, 0.5) is 0 Å². The molecule has 0 aliphatic rings. The molecule has 0 spiro atoms. The van der Waals surface area contributed by atoms with Crippen molar-refractivity contribution in [2.45, 2.75) is 0 Å². The average Bonchev–Trinajstić information content (AvgIpc) is 3.11. The molecule has 0 saturated carbocycles. The maximum atomic E-state index is 6.58. The summed E-state index contributed by atoms with van der Waals surface area (Å²) in [7, 11) is 0. The lowest BCUT2D eigenvalue weighted by atomic mass is 9.95. The van der Waals surface area contributed by atoms with Crippen LogP contribution in [0, 0.1) is 0 Å². The van der Waals surface area contributed by atoms with E-state index in [1.165, 1.54) is 16.2 Å². The van der Waals surface area contributed by atoms with Gasteiger partial charge in [-0.2, -0.15) is 0 Å². The first-order chi connectivity index (χ1) is 13.8. The Balaban J connectivity index is 1.85. The molecule has 132 valence electrons. The zero-order valence-corrected chi connectivity index (χ0v) is 16.5. The first kappa shape index (κ1) is 15.9. The van der Waals surface area contributed by atoms with Crippen LogP contribution in [-0.4, -0.2) is 0 Å². The van der Waals surface area contributed by atoms with E-state index in [2.05, 4.69) is 107 Å². The van der Waals surface area contributed by atoms with Crippen LogP contribution in [0.5, 0.6) is 0 Å². The smallest absolute Gasteiger partial charge is 0.143 e. The van der Waals surface area contributed by atoms with Crippen LogP contribution in [0.1, 0.15) is 0 Å². The Morgan fingerprint density at radius 2 is 1.25 bits per heavy atom. The maximum absolute atomic E-state index is 6.58. The van der Waals surface area contributed by atoms with Crippen LogP contribution in [0.2, 0.25) is 0 Å². The van der Waals surface area contributed by atoms with E-state index in [1.54, 1.807) is 0 Å². The Kier molecular flexibility index (Phi) is 3.38. The summed E-state index contributed by atoms with van der Waals surface area (Å²) < 4.78 is 7.65. The molecule has 0 radical (unpaired) electrons. The van der Waals surface area contributed by atoms with Crippen LogP contribution >= 0.6 is 15.9 Å². The molecule has 28 heavy (non-hydrogen) atoms. The number of hydrogen-bond acceptors (Lipinski definition) is 1. The SMILES string of the molecule is Brc1ccc(-c2c3ccccc3cc3c2oc2c4ccccc4ccc32)cc1. The zero-order chi connectivity index (χ0) is 18.7. The minimum atomic E-state index is 0.951. The third-order valence-corrected chi connectivity index (χ3v) is 6.04. The molecule has 6 aromatic rings. The second kappa shape index (κ2) is 5.95. The summed E-state index contributed by atoms with van der Waals surface area (Å²) in [6, 6.07) is 32.0. The summed E-state index contributed by atoms with van der Waals surface area (Å²) in [5.74, 6) is 0. The number of halogens is 1. The molecular weight excluding hydrogens is 408 g/mol. The van der Waals surface area contributed by atoms with Crippen molar-refractivity contribution in [1.82, 2.24) is 0 Å².